The lowest BCUT2D eigenvalue weighted by Gasteiger charge is -2.40. The number of benzene rings is 1. The zero-order valence-electron chi connectivity index (χ0n) is 18.3. The van der Waals surface area contributed by atoms with E-state index >= 15 is 0 Å². The minimum absolute atomic E-state index is 0.281. The average Bonchev–Trinajstić information content (AvgIpc) is 2.82. The zero-order chi connectivity index (χ0) is 24.3. The Morgan fingerprint density at radius 2 is 2.03 bits per heavy atom. The Morgan fingerprint density at radius 1 is 1.36 bits per heavy atom. The number of nitroso groups, excluding NO2 is 1. The molecule has 0 aliphatic heterocycles. The molecule has 0 radical (unpaired) electrons. The van der Waals surface area contributed by atoms with Gasteiger partial charge in [0, 0.05) is 46.3 Å². The Bertz CT molecular complexity index is 1010. The maximum absolute atomic E-state index is 13.2. The van der Waals surface area contributed by atoms with E-state index in [1.54, 1.807) is 12.3 Å². The van der Waals surface area contributed by atoms with Crippen LogP contribution in [0, 0.1) is 27.8 Å². The maximum atomic E-state index is 13.2. The number of hydrogen-bond acceptors (Lipinski definition) is 7. The van der Waals surface area contributed by atoms with Crippen molar-refractivity contribution in [2.24, 2.45) is 10.7 Å². The van der Waals surface area contributed by atoms with E-state index in [2.05, 4.69) is 32.3 Å². The molecule has 3 rings (SSSR count). The minimum atomic E-state index is -0.606. The predicted molar refractivity (Wildman–Crippen MR) is 129 cm³/mol. The van der Waals surface area contributed by atoms with E-state index in [0.29, 0.717) is 23.2 Å². The van der Waals surface area contributed by atoms with Crippen LogP contribution in [0.3, 0.4) is 0 Å². The topological polar surface area (TPSA) is 140 Å². The van der Waals surface area contributed by atoms with Crippen molar-refractivity contribution >= 4 is 28.8 Å². The highest BCUT2D eigenvalue weighted by atomic mass is 35.5. The quantitative estimate of drug-likeness (QED) is 0.184. The van der Waals surface area contributed by atoms with Gasteiger partial charge in [-0.05, 0) is 62.9 Å². The largest absolute Gasteiger partial charge is 0.384 e. The van der Waals surface area contributed by atoms with Crippen molar-refractivity contribution in [3.63, 3.8) is 0 Å². The van der Waals surface area contributed by atoms with Crippen molar-refractivity contribution in [2.45, 2.75) is 50.6 Å². The molecule has 174 valence electrons. The molecule has 2 aromatic rings. The third-order valence-electron chi connectivity index (χ3n) is 5.53. The van der Waals surface area contributed by atoms with Crippen LogP contribution >= 0.6 is 11.6 Å². The zero-order valence-corrected chi connectivity index (χ0v) is 19.1. The number of anilines is 1. The molecular formula is C23H27ClFN7O. The first-order valence-electron chi connectivity index (χ1n) is 10.4. The summed E-state index contributed by atoms with van der Waals surface area (Å²) in [5, 5.41) is 17.1. The third kappa shape index (κ3) is 7.84. The highest BCUT2D eigenvalue weighted by Crippen LogP contribution is 2.33. The van der Waals surface area contributed by atoms with Gasteiger partial charge in [0.15, 0.2) is 0 Å². The number of amidine groups is 1. The first-order chi connectivity index (χ1) is 15.9. The number of aromatic nitrogens is 1. The molecule has 10 heteroatoms. The molecule has 1 heterocycles. The second kappa shape index (κ2) is 12.5. The van der Waals surface area contributed by atoms with Crippen molar-refractivity contribution < 1.29 is 4.39 Å². The number of pyridine rings is 1. The van der Waals surface area contributed by atoms with Gasteiger partial charge in [-0.15, -0.1) is 0 Å². The molecule has 0 unspecified atom stereocenters. The summed E-state index contributed by atoms with van der Waals surface area (Å²) in [5.74, 6) is -0.325. The Labute approximate surface area is 197 Å². The number of hydrogen-bond donors (Lipinski definition) is 4. The van der Waals surface area contributed by atoms with Gasteiger partial charge in [-0.25, -0.2) is 9.98 Å². The molecule has 8 nitrogen and oxygen atoms in total. The molecule has 5 N–H and O–H groups in total. The summed E-state index contributed by atoms with van der Waals surface area (Å²) in [7, 11) is 0. The third-order valence-corrected chi connectivity index (χ3v) is 5.79. The molecule has 33 heavy (non-hydrogen) atoms. The van der Waals surface area contributed by atoms with Gasteiger partial charge in [0.25, 0.3) is 0 Å². The van der Waals surface area contributed by atoms with Gasteiger partial charge in [0.2, 0.25) is 5.95 Å². The van der Waals surface area contributed by atoms with Gasteiger partial charge < -0.3 is 16.4 Å². The van der Waals surface area contributed by atoms with Crippen LogP contribution in [0.2, 0.25) is 5.02 Å². The van der Waals surface area contributed by atoms with Crippen LogP contribution in [0.4, 0.5) is 15.8 Å². The first kappa shape index (κ1) is 25.7. The van der Waals surface area contributed by atoms with Crippen LogP contribution in [0.5, 0.6) is 0 Å². The number of nitrogens with one attached hydrogen (secondary N) is 3. The Morgan fingerprint density at radius 3 is 2.64 bits per heavy atom. The molecule has 0 amide bonds. The van der Waals surface area contributed by atoms with E-state index in [0.717, 1.165) is 36.9 Å². The molecule has 1 aliphatic carbocycles. The summed E-state index contributed by atoms with van der Waals surface area (Å²) in [6, 6.07) is 13.1. The number of nitrogens with two attached hydrogens (primary N) is 1. The van der Waals surface area contributed by atoms with Crippen molar-refractivity contribution in [3.8, 4) is 6.07 Å². The lowest BCUT2D eigenvalue weighted by Crippen LogP contribution is -2.47. The molecular weight excluding hydrogens is 445 g/mol. The van der Waals surface area contributed by atoms with E-state index < -0.39 is 5.95 Å². The van der Waals surface area contributed by atoms with E-state index in [4.69, 9.17) is 22.2 Å². The molecule has 1 aromatic heterocycles. The highest BCUT2D eigenvalue weighted by molar-refractivity contribution is 6.30. The molecule has 1 aromatic carbocycles. The normalized spacial score (nSPS) is 20.7. The smallest absolute Gasteiger partial charge is 0.214 e. The Hall–Kier alpha value is -3.51. The van der Waals surface area contributed by atoms with Gasteiger partial charge in [-0.1, -0.05) is 17.2 Å². The van der Waals surface area contributed by atoms with Crippen LogP contribution < -0.4 is 16.4 Å². The van der Waals surface area contributed by atoms with E-state index in [1.807, 2.05) is 31.2 Å². The Balaban J connectivity index is 0.00000187. The fourth-order valence-corrected chi connectivity index (χ4v) is 3.77. The summed E-state index contributed by atoms with van der Waals surface area (Å²) < 4.78 is 13.2. The molecule has 0 spiro atoms. The van der Waals surface area contributed by atoms with Crippen molar-refractivity contribution in [1.29, 1.82) is 10.9 Å². The first-order valence-corrected chi connectivity index (χ1v) is 10.8. The summed E-state index contributed by atoms with van der Waals surface area (Å²) in [6.07, 6.45) is 7.12. The molecule has 0 bridgehead atoms. The molecule has 1 saturated carbocycles. The summed E-state index contributed by atoms with van der Waals surface area (Å²) in [4.78, 5) is 15.2. The predicted octanol–water partition coefficient (Wildman–Crippen LogP) is 5.39. The van der Waals surface area contributed by atoms with E-state index in [9.17, 15) is 9.65 Å². The second-order valence-electron chi connectivity index (χ2n) is 7.85. The SMILES string of the molecule is C/C(=C/NC1(CC#N)CCC(Nc2ccc(Cl)cc2)CC1)C(N)=Nc1ccnc(F)c1.N=O. The lowest BCUT2D eigenvalue weighted by molar-refractivity contribution is 0.249. The number of rotatable bonds is 7. The van der Waals surface area contributed by atoms with Crippen LogP contribution in [-0.4, -0.2) is 22.4 Å². The number of aliphatic imine (C=N–C) groups is 1. The van der Waals surface area contributed by atoms with Gasteiger partial charge in [-0.3, -0.25) is 0 Å². The fraction of sp³-hybridized carbons (Fsp3) is 0.348. The van der Waals surface area contributed by atoms with Gasteiger partial charge in [0.05, 0.1) is 18.2 Å². The van der Waals surface area contributed by atoms with Gasteiger partial charge in [-0.2, -0.15) is 14.6 Å². The maximum Gasteiger partial charge on any atom is 0.214 e. The second-order valence-corrected chi connectivity index (χ2v) is 8.28. The van der Waals surface area contributed by atoms with E-state index in [1.165, 1.54) is 12.3 Å². The number of halogens is 2. The van der Waals surface area contributed by atoms with Crippen molar-refractivity contribution in [2.75, 3.05) is 5.32 Å². The minimum Gasteiger partial charge on any atom is -0.384 e. The molecule has 1 aliphatic rings. The summed E-state index contributed by atoms with van der Waals surface area (Å²) in [6.45, 7) is 1.83. The van der Waals surface area contributed by atoms with Gasteiger partial charge >= 0.3 is 0 Å². The standard InChI is InChI=1S/C23H26ClFN6.HNO/c1-16(22(27)31-20-8-13-28-21(25)14-20)15-29-23(11-12-26)9-6-19(7-10-23)30-18-4-2-17(24)3-5-18;1-2/h2-5,8,13-15,19,29-30H,6-7,9-11H2,1H3,(H2,27,28,31);1H/b16-15-;. The van der Waals surface area contributed by atoms with Gasteiger partial charge in [0.1, 0.15) is 5.84 Å². The molecule has 0 atom stereocenters. The van der Waals surface area contributed by atoms with Crippen LogP contribution in [0.15, 0.2) is 59.4 Å². The Kier molecular flexibility index (Phi) is 9.76. The monoisotopic (exact) mass is 471 g/mol. The number of nitrogens with zero attached hydrogens (tertiary/aromatic N) is 3. The lowest BCUT2D eigenvalue weighted by atomic mass is 9.77. The highest BCUT2D eigenvalue weighted by Gasteiger charge is 2.34. The molecule has 1 fully saturated rings. The van der Waals surface area contributed by atoms with Crippen LogP contribution in [0.25, 0.3) is 0 Å². The fourth-order valence-electron chi connectivity index (χ4n) is 3.64. The van der Waals surface area contributed by atoms with E-state index in [-0.39, 0.29) is 11.4 Å². The van der Waals surface area contributed by atoms with Crippen molar-refractivity contribution in [1.82, 2.24) is 10.3 Å². The number of nitriles is 1. The van der Waals surface area contributed by atoms with Crippen molar-refractivity contribution in [3.05, 3.63) is 70.2 Å². The average molecular weight is 472 g/mol. The summed E-state index contributed by atoms with van der Waals surface area (Å²) >= 11 is 5.95. The van der Waals surface area contributed by atoms with Crippen LogP contribution in [-0.2, 0) is 0 Å². The summed E-state index contributed by atoms with van der Waals surface area (Å²) in [5.41, 5.74) is 12.4. The van der Waals surface area contributed by atoms with Crippen LogP contribution in [0.1, 0.15) is 39.0 Å². The molecule has 0 saturated heterocycles.